The molecule has 0 saturated heterocycles. The van der Waals surface area contributed by atoms with Crippen molar-refractivity contribution < 1.29 is 13.2 Å². The molecule has 1 aromatic heterocycles. The highest BCUT2D eigenvalue weighted by Gasteiger charge is 2.27. The van der Waals surface area contributed by atoms with Crippen LogP contribution in [0.4, 0.5) is 5.69 Å². The molecule has 0 fully saturated rings. The van der Waals surface area contributed by atoms with Crippen LogP contribution in [-0.4, -0.2) is 27.1 Å². The number of benzene rings is 2. The fourth-order valence-electron chi connectivity index (χ4n) is 2.49. The van der Waals surface area contributed by atoms with Crippen LogP contribution in [0.2, 0.25) is 0 Å². The van der Waals surface area contributed by atoms with Crippen LogP contribution in [-0.2, 0) is 14.8 Å². The molecule has 0 aliphatic heterocycles. The molecule has 2 aromatic carbocycles. The normalized spacial score (nSPS) is 11.5. The molecule has 0 aliphatic carbocycles. The molecule has 3 rings (SSSR count). The van der Waals surface area contributed by atoms with Crippen molar-refractivity contribution in [1.82, 2.24) is 5.43 Å². The second kappa shape index (κ2) is 9.34. The molecule has 0 bridgehead atoms. The van der Waals surface area contributed by atoms with Gasteiger partial charge in [0.2, 0.25) is 0 Å². The molecule has 3 aromatic rings. The Balaban J connectivity index is 1.83. The standard InChI is InChI=1S/C20H18BrN3O3S2/c1-15-11-12-28-19(15)13-22-23-20(25)14-24(17-9-7-16(21)8-10-17)29(26,27)18-5-3-2-4-6-18/h2-13H,14H2,1H3,(H,23,25)/b22-13+. The van der Waals surface area contributed by atoms with E-state index in [0.29, 0.717) is 5.69 Å². The zero-order valence-electron chi connectivity index (χ0n) is 15.4. The lowest BCUT2D eigenvalue weighted by Gasteiger charge is -2.23. The number of carbonyl (C=O) groups excluding carboxylic acids is 1. The van der Waals surface area contributed by atoms with E-state index in [1.165, 1.54) is 23.5 Å². The molecule has 29 heavy (non-hydrogen) atoms. The maximum atomic E-state index is 13.2. The number of nitrogens with zero attached hydrogens (tertiary/aromatic N) is 2. The molecular formula is C20H18BrN3O3S2. The van der Waals surface area contributed by atoms with Gasteiger partial charge in [0, 0.05) is 9.35 Å². The van der Waals surface area contributed by atoms with Crippen LogP contribution in [0.15, 0.2) is 80.5 Å². The van der Waals surface area contributed by atoms with E-state index in [4.69, 9.17) is 0 Å². The summed E-state index contributed by atoms with van der Waals surface area (Å²) < 4.78 is 28.2. The van der Waals surface area contributed by atoms with E-state index in [-0.39, 0.29) is 4.90 Å². The summed E-state index contributed by atoms with van der Waals surface area (Å²) in [5.41, 5.74) is 3.84. The van der Waals surface area contributed by atoms with Gasteiger partial charge in [0.25, 0.3) is 15.9 Å². The monoisotopic (exact) mass is 491 g/mol. The quantitative estimate of drug-likeness (QED) is 0.397. The minimum Gasteiger partial charge on any atom is -0.271 e. The maximum Gasteiger partial charge on any atom is 0.264 e. The number of hydrazone groups is 1. The summed E-state index contributed by atoms with van der Waals surface area (Å²) in [6.07, 6.45) is 1.55. The number of anilines is 1. The van der Waals surface area contributed by atoms with Crippen molar-refractivity contribution in [3.05, 3.63) is 81.0 Å². The summed E-state index contributed by atoms with van der Waals surface area (Å²) in [7, 11) is -3.93. The van der Waals surface area contributed by atoms with Crippen molar-refractivity contribution in [1.29, 1.82) is 0 Å². The highest BCUT2D eigenvalue weighted by Crippen LogP contribution is 2.25. The fraction of sp³-hybridized carbons (Fsp3) is 0.100. The Hall–Kier alpha value is -2.49. The fourth-order valence-corrected chi connectivity index (χ4v) is 4.98. The Kier molecular flexibility index (Phi) is 6.83. The Bertz CT molecular complexity index is 1110. The summed E-state index contributed by atoms with van der Waals surface area (Å²) in [6, 6.07) is 16.7. The third-order valence-corrected chi connectivity index (χ3v) is 7.28. The van der Waals surface area contributed by atoms with Gasteiger partial charge in [-0.25, -0.2) is 13.8 Å². The van der Waals surface area contributed by atoms with Crippen molar-refractivity contribution in [2.45, 2.75) is 11.8 Å². The maximum absolute atomic E-state index is 13.2. The van der Waals surface area contributed by atoms with E-state index < -0.39 is 22.5 Å². The van der Waals surface area contributed by atoms with Gasteiger partial charge in [-0.15, -0.1) is 11.3 Å². The molecule has 1 amide bonds. The number of amides is 1. The number of rotatable bonds is 7. The van der Waals surface area contributed by atoms with Crippen molar-refractivity contribution in [2.24, 2.45) is 5.10 Å². The van der Waals surface area contributed by atoms with Gasteiger partial charge in [0.05, 0.1) is 16.8 Å². The molecule has 150 valence electrons. The molecular weight excluding hydrogens is 474 g/mol. The smallest absolute Gasteiger partial charge is 0.264 e. The van der Waals surface area contributed by atoms with Crippen LogP contribution in [0.5, 0.6) is 0 Å². The molecule has 0 radical (unpaired) electrons. The Morgan fingerprint density at radius 1 is 1.14 bits per heavy atom. The van der Waals surface area contributed by atoms with Gasteiger partial charge in [-0.1, -0.05) is 34.1 Å². The second-order valence-corrected chi connectivity index (χ2v) is 9.79. The number of sulfonamides is 1. The van der Waals surface area contributed by atoms with E-state index in [2.05, 4.69) is 26.5 Å². The summed E-state index contributed by atoms with van der Waals surface area (Å²) >= 11 is 4.84. The number of nitrogens with one attached hydrogen (secondary N) is 1. The van der Waals surface area contributed by atoms with Gasteiger partial charge in [0.15, 0.2) is 0 Å². The van der Waals surface area contributed by atoms with Crippen LogP contribution < -0.4 is 9.73 Å². The number of aryl methyl sites for hydroxylation is 1. The molecule has 0 atom stereocenters. The van der Waals surface area contributed by atoms with E-state index in [0.717, 1.165) is 19.2 Å². The molecule has 1 N–H and O–H groups in total. The summed E-state index contributed by atoms with van der Waals surface area (Å²) in [5, 5.41) is 5.88. The van der Waals surface area contributed by atoms with E-state index >= 15 is 0 Å². The Morgan fingerprint density at radius 3 is 2.45 bits per heavy atom. The molecule has 1 heterocycles. The summed E-state index contributed by atoms with van der Waals surface area (Å²) in [6.45, 7) is 1.54. The van der Waals surface area contributed by atoms with Gasteiger partial charge in [-0.3, -0.25) is 9.10 Å². The number of thiophene rings is 1. The summed E-state index contributed by atoms with van der Waals surface area (Å²) in [4.78, 5) is 13.5. The largest absolute Gasteiger partial charge is 0.271 e. The lowest BCUT2D eigenvalue weighted by molar-refractivity contribution is -0.119. The lowest BCUT2D eigenvalue weighted by Crippen LogP contribution is -2.39. The third kappa shape index (κ3) is 5.31. The van der Waals surface area contributed by atoms with Gasteiger partial charge >= 0.3 is 0 Å². The molecule has 0 unspecified atom stereocenters. The van der Waals surface area contributed by atoms with E-state index in [9.17, 15) is 13.2 Å². The van der Waals surface area contributed by atoms with Crippen molar-refractivity contribution in [3.8, 4) is 0 Å². The first-order chi connectivity index (χ1) is 13.9. The number of hydrogen-bond acceptors (Lipinski definition) is 5. The van der Waals surface area contributed by atoms with Crippen LogP contribution in [0.3, 0.4) is 0 Å². The van der Waals surface area contributed by atoms with Gasteiger partial charge in [-0.05, 0) is 60.3 Å². The zero-order chi connectivity index (χ0) is 20.9. The van der Waals surface area contributed by atoms with Crippen LogP contribution in [0.25, 0.3) is 0 Å². The first-order valence-electron chi connectivity index (χ1n) is 8.57. The predicted molar refractivity (Wildman–Crippen MR) is 120 cm³/mol. The average Bonchev–Trinajstić information content (AvgIpc) is 3.12. The van der Waals surface area contributed by atoms with Crippen molar-refractivity contribution >= 4 is 55.1 Å². The third-order valence-electron chi connectivity index (χ3n) is 4.01. The SMILES string of the molecule is Cc1ccsc1/C=N/NC(=O)CN(c1ccc(Br)cc1)S(=O)(=O)c1ccccc1. The average molecular weight is 492 g/mol. The number of hydrogen-bond donors (Lipinski definition) is 1. The van der Waals surface area contributed by atoms with Crippen LogP contribution >= 0.6 is 27.3 Å². The minimum atomic E-state index is -3.93. The highest BCUT2D eigenvalue weighted by atomic mass is 79.9. The van der Waals surface area contributed by atoms with Gasteiger partial charge in [-0.2, -0.15) is 5.10 Å². The number of halogens is 1. The molecule has 0 saturated carbocycles. The van der Waals surface area contributed by atoms with Crippen LogP contribution in [0.1, 0.15) is 10.4 Å². The van der Waals surface area contributed by atoms with Crippen LogP contribution in [0, 0.1) is 6.92 Å². The Morgan fingerprint density at radius 2 is 1.83 bits per heavy atom. The topological polar surface area (TPSA) is 78.8 Å². The molecule has 6 nitrogen and oxygen atoms in total. The van der Waals surface area contributed by atoms with Gasteiger partial charge in [0.1, 0.15) is 6.54 Å². The first kappa shape index (κ1) is 21.2. The first-order valence-corrected chi connectivity index (χ1v) is 11.7. The molecule has 0 aliphatic rings. The minimum absolute atomic E-state index is 0.105. The zero-order valence-corrected chi connectivity index (χ0v) is 18.7. The lowest BCUT2D eigenvalue weighted by atomic mass is 10.3. The van der Waals surface area contributed by atoms with Crippen molar-refractivity contribution in [2.75, 3.05) is 10.8 Å². The Labute approximate surface area is 182 Å². The van der Waals surface area contributed by atoms with E-state index in [1.807, 2.05) is 18.4 Å². The second-order valence-electron chi connectivity index (χ2n) is 6.06. The highest BCUT2D eigenvalue weighted by molar-refractivity contribution is 9.10. The predicted octanol–water partition coefficient (Wildman–Crippen LogP) is 4.16. The molecule has 0 spiro atoms. The van der Waals surface area contributed by atoms with E-state index in [1.54, 1.807) is 48.7 Å². The van der Waals surface area contributed by atoms with Crippen molar-refractivity contribution in [3.63, 3.8) is 0 Å². The summed E-state index contributed by atoms with van der Waals surface area (Å²) in [5.74, 6) is -0.544. The molecule has 9 heteroatoms. The van der Waals surface area contributed by atoms with Gasteiger partial charge < -0.3 is 0 Å². The number of carbonyl (C=O) groups is 1.